The zero-order chi connectivity index (χ0) is 45.8. The van der Waals surface area contributed by atoms with Gasteiger partial charge in [-0.2, -0.15) is 0 Å². The van der Waals surface area contributed by atoms with Gasteiger partial charge in [-0.3, -0.25) is 14.4 Å². The fraction of sp³-hybridized carbons (Fsp3) is 0.807. The Bertz CT molecular complexity index is 1110. The minimum Gasteiger partial charge on any atom is -0.462 e. The fourth-order valence-corrected chi connectivity index (χ4v) is 7.79. The van der Waals surface area contributed by atoms with E-state index in [0.717, 1.165) is 77.0 Å². The molecule has 366 valence electrons. The van der Waals surface area contributed by atoms with Crippen LogP contribution in [0.15, 0.2) is 48.6 Å². The zero-order valence-electron chi connectivity index (χ0n) is 41.8. The Morgan fingerprint density at radius 1 is 0.333 bits per heavy atom. The van der Waals surface area contributed by atoms with Crippen LogP contribution in [0.5, 0.6) is 0 Å². The number of hydrogen-bond donors (Lipinski definition) is 0. The van der Waals surface area contributed by atoms with Crippen molar-refractivity contribution in [1.29, 1.82) is 0 Å². The normalized spacial score (nSPS) is 12.4. The minimum atomic E-state index is -0.788. The molecule has 1 unspecified atom stereocenters. The first-order valence-electron chi connectivity index (χ1n) is 27.1. The number of allylic oxidation sites excluding steroid dienone is 8. The van der Waals surface area contributed by atoms with Crippen molar-refractivity contribution in [3.05, 3.63) is 48.6 Å². The van der Waals surface area contributed by atoms with E-state index >= 15 is 0 Å². The molecule has 0 radical (unpaired) electrons. The lowest BCUT2D eigenvalue weighted by Crippen LogP contribution is -2.30. The van der Waals surface area contributed by atoms with E-state index in [4.69, 9.17) is 14.2 Å². The van der Waals surface area contributed by atoms with Crippen LogP contribution in [0.1, 0.15) is 278 Å². The van der Waals surface area contributed by atoms with Gasteiger partial charge in [-0.1, -0.05) is 249 Å². The molecule has 0 aliphatic rings. The summed E-state index contributed by atoms with van der Waals surface area (Å²) in [6.45, 7) is 6.45. The van der Waals surface area contributed by atoms with Crippen LogP contribution in [0.25, 0.3) is 0 Å². The molecule has 0 aliphatic carbocycles. The molecule has 0 saturated heterocycles. The largest absolute Gasteiger partial charge is 0.462 e. The van der Waals surface area contributed by atoms with E-state index in [9.17, 15) is 14.4 Å². The van der Waals surface area contributed by atoms with Gasteiger partial charge in [-0.05, 0) is 57.8 Å². The highest BCUT2D eigenvalue weighted by Crippen LogP contribution is 2.17. The van der Waals surface area contributed by atoms with E-state index in [0.29, 0.717) is 19.3 Å². The number of ether oxygens (including phenoxy) is 3. The predicted molar refractivity (Wildman–Crippen MR) is 270 cm³/mol. The second-order valence-electron chi connectivity index (χ2n) is 18.1. The standard InChI is InChI=1S/C57H102O6/c1-4-7-10-13-16-18-20-22-24-25-26-27-28-29-30-31-32-34-35-37-39-41-44-47-50-56(59)62-53-54(52-61-55(58)49-46-43-15-12-9-6-3)63-57(60)51-48-45-42-40-38-36-33-23-21-19-17-14-11-8-5-2/h8,11,17,19,23,33,38,40,54H,4-7,9-10,12-16,18,20-22,24-32,34-37,39,41-53H2,1-3H3/b11-8-,19-17-,33-23-,40-38-. The first-order valence-corrected chi connectivity index (χ1v) is 27.1. The lowest BCUT2D eigenvalue weighted by Gasteiger charge is -2.18. The summed E-state index contributed by atoms with van der Waals surface area (Å²) in [5.74, 6) is -0.930. The van der Waals surface area contributed by atoms with Crippen molar-refractivity contribution in [2.45, 2.75) is 284 Å². The summed E-state index contributed by atoms with van der Waals surface area (Å²) in [4.78, 5) is 37.7. The highest BCUT2D eigenvalue weighted by Gasteiger charge is 2.19. The third-order valence-corrected chi connectivity index (χ3v) is 11.8. The van der Waals surface area contributed by atoms with Gasteiger partial charge in [-0.15, -0.1) is 0 Å². The van der Waals surface area contributed by atoms with E-state index in [1.165, 1.54) is 154 Å². The average molecular weight is 883 g/mol. The van der Waals surface area contributed by atoms with Gasteiger partial charge < -0.3 is 14.2 Å². The van der Waals surface area contributed by atoms with Gasteiger partial charge in [-0.25, -0.2) is 0 Å². The molecule has 0 aromatic carbocycles. The van der Waals surface area contributed by atoms with E-state index < -0.39 is 6.10 Å². The Morgan fingerprint density at radius 2 is 0.619 bits per heavy atom. The van der Waals surface area contributed by atoms with Crippen molar-refractivity contribution in [3.8, 4) is 0 Å². The molecule has 0 amide bonds. The smallest absolute Gasteiger partial charge is 0.306 e. The number of unbranched alkanes of at least 4 members (excludes halogenated alkanes) is 30. The number of carbonyl (C=O) groups is 3. The van der Waals surface area contributed by atoms with Crippen LogP contribution in [0, 0.1) is 0 Å². The third-order valence-electron chi connectivity index (χ3n) is 11.8. The fourth-order valence-electron chi connectivity index (χ4n) is 7.79. The van der Waals surface area contributed by atoms with Crippen LogP contribution in [0.2, 0.25) is 0 Å². The summed E-state index contributed by atoms with van der Waals surface area (Å²) in [7, 11) is 0. The molecule has 0 aromatic rings. The highest BCUT2D eigenvalue weighted by atomic mass is 16.6. The second-order valence-corrected chi connectivity index (χ2v) is 18.1. The topological polar surface area (TPSA) is 78.9 Å². The predicted octanol–water partition coefficient (Wildman–Crippen LogP) is 17.9. The molecule has 6 nitrogen and oxygen atoms in total. The SMILES string of the molecule is CC/C=C\C/C=C\C/C=C\C/C=C\CCCCC(=O)OC(COC(=O)CCCCCCCC)COC(=O)CCCCCCCCCCCCCCCCCCCCCCCCCC. The van der Waals surface area contributed by atoms with Crippen LogP contribution in [-0.2, 0) is 28.6 Å². The number of hydrogen-bond acceptors (Lipinski definition) is 6. The number of esters is 3. The van der Waals surface area contributed by atoms with E-state index in [2.05, 4.69) is 69.4 Å². The van der Waals surface area contributed by atoms with Gasteiger partial charge in [0.25, 0.3) is 0 Å². The summed E-state index contributed by atoms with van der Waals surface area (Å²) in [6, 6.07) is 0. The molecule has 0 fully saturated rings. The van der Waals surface area contributed by atoms with Crippen LogP contribution in [0.3, 0.4) is 0 Å². The maximum absolute atomic E-state index is 12.7. The van der Waals surface area contributed by atoms with Gasteiger partial charge in [0.15, 0.2) is 6.10 Å². The van der Waals surface area contributed by atoms with Crippen molar-refractivity contribution >= 4 is 17.9 Å². The first kappa shape index (κ1) is 60.4. The molecule has 0 rings (SSSR count). The van der Waals surface area contributed by atoms with Gasteiger partial charge in [0.05, 0.1) is 0 Å². The molecule has 0 aliphatic heterocycles. The van der Waals surface area contributed by atoms with Crippen LogP contribution >= 0.6 is 0 Å². The van der Waals surface area contributed by atoms with Crippen molar-refractivity contribution in [1.82, 2.24) is 0 Å². The second kappa shape index (κ2) is 52.0. The van der Waals surface area contributed by atoms with E-state index in [1.54, 1.807) is 0 Å². The van der Waals surface area contributed by atoms with E-state index in [1.807, 2.05) is 0 Å². The summed E-state index contributed by atoms with van der Waals surface area (Å²) < 4.78 is 16.7. The third kappa shape index (κ3) is 50.2. The maximum atomic E-state index is 12.7. The number of rotatable bonds is 49. The van der Waals surface area contributed by atoms with Gasteiger partial charge >= 0.3 is 17.9 Å². The summed E-state index contributed by atoms with van der Waals surface area (Å²) in [5, 5.41) is 0. The lowest BCUT2D eigenvalue weighted by molar-refractivity contribution is -0.167. The molecule has 0 saturated carbocycles. The van der Waals surface area contributed by atoms with Gasteiger partial charge in [0, 0.05) is 19.3 Å². The molecule has 1 atom stereocenters. The lowest BCUT2D eigenvalue weighted by atomic mass is 10.0. The van der Waals surface area contributed by atoms with Crippen LogP contribution in [0.4, 0.5) is 0 Å². The van der Waals surface area contributed by atoms with Gasteiger partial charge in [0.1, 0.15) is 13.2 Å². The molecular formula is C57H102O6. The van der Waals surface area contributed by atoms with Crippen molar-refractivity contribution in [3.63, 3.8) is 0 Å². The van der Waals surface area contributed by atoms with Crippen molar-refractivity contribution < 1.29 is 28.6 Å². The Hall–Kier alpha value is -2.63. The number of carbonyl (C=O) groups excluding carboxylic acids is 3. The molecule has 0 N–H and O–H groups in total. The van der Waals surface area contributed by atoms with Crippen molar-refractivity contribution in [2.24, 2.45) is 0 Å². The Balaban J connectivity index is 4.12. The summed E-state index contributed by atoms with van der Waals surface area (Å²) in [6.07, 6.45) is 62.9. The molecule has 0 heterocycles. The molecule has 6 heteroatoms. The first-order chi connectivity index (χ1) is 31.0. The molecule has 0 spiro atoms. The maximum Gasteiger partial charge on any atom is 0.306 e. The average Bonchev–Trinajstić information content (AvgIpc) is 3.28. The van der Waals surface area contributed by atoms with Crippen LogP contribution in [-0.4, -0.2) is 37.2 Å². The molecular weight excluding hydrogens is 781 g/mol. The van der Waals surface area contributed by atoms with E-state index in [-0.39, 0.29) is 37.5 Å². The molecule has 63 heavy (non-hydrogen) atoms. The Labute approximate surface area is 390 Å². The summed E-state index contributed by atoms with van der Waals surface area (Å²) in [5.41, 5.74) is 0. The summed E-state index contributed by atoms with van der Waals surface area (Å²) >= 11 is 0. The Kier molecular flexibility index (Phi) is 49.8. The van der Waals surface area contributed by atoms with Gasteiger partial charge in [0.2, 0.25) is 0 Å². The zero-order valence-corrected chi connectivity index (χ0v) is 41.8. The molecule has 0 aromatic heterocycles. The van der Waals surface area contributed by atoms with Crippen molar-refractivity contribution in [2.75, 3.05) is 13.2 Å². The minimum absolute atomic E-state index is 0.0871. The Morgan fingerprint density at radius 3 is 0.968 bits per heavy atom. The monoisotopic (exact) mass is 883 g/mol. The van der Waals surface area contributed by atoms with Crippen LogP contribution < -0.4 is 0 Å². The molecule has 0 bridgehead atoms. The highest BCUT2D eigenvalue weighted by molar-refractivity contribution is 5.71. The quantitative estimate of drug-likeness (QED) is 0.0262.